The van der Waals surface area contributed by atoms with Gasteiger partial charge in [0.15, 0.2) is 5.78 Å². The Bertz CT molecular complexity index is 651. The number of benzene rings is 2. The van der Waals surface area contributed by atoms with Crippen LogP contribution < -0.4 is 4.74 Å². The monoisotopic (exact) mass is 322 g/mol. The van der Waals surface area contributed by atoms with Gasteiger partial charge in [0, 0.05) is 16.1 Å². The number of ether oxygens (including phenoxy) is 1. The van der Waals surface area contributed by atoms with Crippen LogP contribution in [-0.4, -0.2) is 11.2 Å². The third-order valence-electron chi connectivity index (χ3n) is 3.16. The highest BCUT2D eigenvalue weighted by atomic mass is 35.5. The average molecular weight is 323 g/mol. The molecule has 4 heteroatoms. The smallest absolute Gasteiger partial charge is 0.180 e. The van der Waals surface area contributed by atoms with Crippen molar-refractivity contribution in [3.8, 4) is 5.75 Å². The molecule has 21 heavy (non-hydrogen) atoms. The third-order valence-corrected chi connectivity index (χ3v) is 3.73. The first-order valence-electron chi connectivity index (χ1n) is 6.64. The molecular weight excluding hydrogens is 307 g/mol. The maximum atomic E-state index is 11.8. The van der Waals surface area contributed by atoms with Crippen LogP contribution in [-0.2, 0) is 6.61 Å². The van der Waals surface area contributed by atoms with E-state index in [4.69, 9.17) is 27.9 Å². The van der Waals surface area contributed by atoms with E-state index in [2.05, 4.69) is 0 Å². The Morgan fingerprint density at radius 3 is 2.57 bits per heavy atom. The van der Waals surface area contributed by atoms with Crippen LogP contribution >= 0.6 is 23.2 Å². The van der Waals surface area contributed by atoms with Gasteiger partial charge in [-0.1, -0.05) is 29.8 Å². The summed E-state index contributed by atoms with van der Waals surface area (Å²) in [4.78, 5) is 11.8. The number of halogens is 2. The van der Waals surface area contributed by atoms with Crippen LogP contribution in [0.2, 0.25) is 5.02 Å². The van der Waals surface area contributed by atoms with Gasteiger partial charge in [-0.3, -0.25) is 4.79 Å². The van der Waals surface area contributed by atoms with Crippen LogP contribution in [0.25, 0.3) is 0 Å². The predicted molar refractivity (Wildman–Crippen MR) is 86.6 cm³/mol. The number of Topliss-reactive ketones (excluding diaryl/α,β-unsaturated/α-hetero) is 1. The number of ketones is 1. The summed E-state index contributed by atoms with van der Waals surface area (Å²) in [6.07, 6.45) is 0. The molecular formula is C17H16Cl2O2. The minimum Gasteiger partial charge on any atom is -0.489 e. The summed E-state index contributed by atoms with van der Waals surface area (Å²) in [6, 6.07) is 12.9. The number of carbonyl (C=O) groups excluding carboxylic acids is 1. The molecule has 0 saturated carbocycles. The summed E-state index contributed by atoms with van der Waals surface area (Å²) < 4.78 is 5.77. The van der Waals surface area contributed by atoms with Crippen molar-refractivity contribution < 1.29 is 9.53 Å². The Hall–Kier alpha value is -1.51. The maximum Gasteiger partial charge on any atom is 0.180 e. The number of aryl methyl sites for hydroxylation is 1. The molecule has 1 unspecified atom stereocenters. The van der Waals surface area contributed by atoms with Crippen molar-refractivity contribution in [1.29, 1.82) is 0 Å². The molecule has 2 aromatic carbocycles. The third kappa shape index (κ3) is 3.99. The van der Waals surface area contributed by atoms with Crippen LogP contribution in [0.3, 0.4) is 0 Å². The van der Waals surface area contributed by atoms with E-state index in [9.17, 15) is 4.79 Å². The first-order valence-corrected chi connectivity index (χ1v) is 7.45. The van der Waals surface area contributed by atoms with Gasteiger partial charge in [0.1, 0.15) is 12.4 Å². The predicted octanol–water partition coefficient (Wildman–Crippen LogP) is 5.04. The van der Waals surface area contributed by atoms with E-state index in [-0.39, 0.29) is 5.78 Å². The van der Waals surface area contributed by atoms with Crippen LogP contribution in [0.5, 0.6) is 5.75 Å². The molecule has 0 aromatic heterocycles. The highest BCUT2D eigenvalue weighted by Crippen LogP contribution is 2.23. The molecule has 1 atom stereocenters. The highest BCUT2D eigenvalue weighted by molar-refractivity contribution is 6.33. The molecule has 2 nitrogen and oxygen atoms in total. The summed E-state index contributed by atoms with van der Waals surface area (Å²) in [5.41, 5.74) is 2.42. The lowest BCUT2D eigenvalue weighted by Gasteiger charge is -2.11. The van der Waals surface area contributed by atoms with Gasteiger partial charge in [-0.15, -0.1) is 11.6 Å². The topological polar surface area (TPSA) is 26.3 Å². The fourth-order valence-corrected chi connectivity index (χ4v) is 2.28. The molecule has 2 rings (SSSR count). The Morgan fingerprint density at radius 1 is 1.24 bits per heavy atom. The van der Waals surface area contributed by atoms with Crippen molar-refractivity contribution in [2.24, 2.45) is 0 Å². The summed E-state index contributed by atoms with van der Waals surface area (Å²) in [7, 11) is 0. The Balaban J connectivity index is 2.12. The quantitative estimate of drug-likeness (QED) is 0.569. The molecule has 0 aliphatic rings. The van der Waals surface area contributed by atoms with Gasteiger partial charge >= 0.3 is 0 Å². The van der Waals surface area contributed by atoms with Crippen LogP contribution in [0, 0.1) is 6.92 Å². The Morgan fingerprint density at radius 2 is 1.95 bits per heavy atom. The zero-order chi connectivity index (χ0) is 15.4. The Kier molecular flexibility index (Phi) is 5.27. The second-order valence-electron chi connectivity index (χ2n) is 4.84. The average Bonchev–Trinajstić information content (AvgIpc) is 2.46. The molecule has 0 bridgehead atoms. The largest absolute Gasteiger partial charge is 0.489 e. The van der Waals surface area contributed by atoms with Crippen molar-refractivity contribution in [3.05, 3.63) is 64.2 Å². The number of rotatable bonds is 5. The van der Waals surface area contributed by atoms with E-state index in [0.717, 1.165) is 16.9 Å². The fourth-order valence-electron chi connectivity index (χ4n) is 1.97. The van der Waals surface area contributed by atoms with E-state index in [1.54, 1.807) is 25.1 Å². The maximum absolute atomic E-state index is 11.8. The minimum absolute atomic E-state index is 0.0857. The summed E-state index contributed by atoms with van der Waals surface area (Å²) in [5, 5.41) is 0.150. The first kappa shape index (κ1) is 15.9. The van der Waals surface area contributed by atoms with Crippen LogP contribution in [0.4, 0.5) is 0 Å². The zero-order valence-corrected chi connectivity index (χ0v) is 13.4. The highest BCUT2D eigenvalue weighted by Gasteiger charge is 2.13. The Labute approximate surface area is 134 Å². The summed E-state index contributed by atoms with van der Waals surface area (Å²) in [5.74, 6) is 0.645. The molecule has 0 radical (unpaired) electrons. The molecule has 2 aromatic rings. The fraction of sp³-hybridized carbons (Fsp3) is 0.235. The molecule has 0 spiro atoms. The lowest BCUT2D eigenvalue weighted by Crippen LogP contribution is -2.10. The molecule has 110 valence electrons. The molecule has 0 aliphatic carbocycles. The van der Waals surface area contributed by atoms with Crippen LogP contribution in [0.15, 0.2) is 42.5 Å². The number of hydrogen-bond acceptors (Lipinski definition) is 2. The summed E-state index contributed by atoms with van der Waals surface area (Å²) in [6.45, 7) is 3.96. The lowest BCUT2D eigenvalue weighted by molar-refractivity contribution is 0.0991. The second-order valence-corrected chi connectivity index (χ2v) is 5.90. The second kappa shape index (κ2) is 6.97. The standard InChI is InChI=1S/C17H16Cl2O2/c1-11-9-13(17(20)12(2)18)7-8-16(11)21-10-14-5-3-4-6-15(14)19/h3-9,12H,10H2,1-2H3. The van der Waals surface area contributed by atoms with Crippen molar-refractivity contribution >= 4 is 29.0 Å². The van der Waals surface area contributed by atoms with Gasteiger partial charge in [-0.05, 0) is 43.7 Å². The normalized spacial score (nSPS) is 12.0. The SMILES string of the molecule is Cc1cc(C(=O)C(C)Cl)ccc1OCc1ccccc1Cl. The molecule has 0 aliphatic heterocycles. The summed E-state index contributed by atoms with van der Waals surface area (Å²) >= 11 is 11.9. The number of hydrogen-bond donors (Lipinski definition) is 0. The first-order chi connectivity index (χ1) is 9.99. The van der Waals surface area contributed by atoms with Crippen molar-refractivity contribution in [1.82, 2.24) is 0 Å². The van der Waals surface area contributed by atoms with Gasteiger partial charge in [0.25, 0.3) is 0 Å². The van der Waals surface area contributed by atoms with E-state index in [1.165, 1.54) is 0 Å². The van der Waals surface area contributed by atoms with Gasteiger partial charge in [-0.25, -0.2) is 0 Å². The van der Waals surface area contributed by atoms with Gasteiger partial charge in [0.2, 0.25) is 0 Å². The van der Waals surface area contributed by atoms with Gasteiger partial charge < -0.3 is 4.74 Å². The number of alkyl halides is 1. The van der Waals surface area contributed by atoms with Crippen molar-refractivity contribution in [3.63, 3.8) is 0 Å². The molecule has 0 saturated heterocycles. The molecule has 0 amide bonds. The lowest BCUT2D eigenvalue weighted by atomic mass is 10.1. The van der Waals surface area contributed by atoms with Crippen LogP contribution in [0.1, 0.15) is 28.4 Å². The van der Waals surface area contributed by atoms with Gasteiger partial charge in [0.05, 0.1) is 5.38 Å². The van der Waals surface area contributed by atoms with E-state index < -0.39 is 5.38 Å². The molecule has 0 heterocycles. The van der Waals surface area contributed by atoms with E-state index >= 15 is 0 Å². The van der Waals surface area contributed by atoms with Gasteiger partial charge in [-0.2, -0.15) is 0 Å². The zero-order valence-electron chi connectivity index (χ0n) is 11.9. The number of carbonyl (C=O) groups is 1. The van der Waals surface area contributed by atoms with Crippen molar-refractivity contribution in [2.45, 2.75) is 25.8 Å². The molecule has 0 fully saturated rings. The van der Waals surface area contributed by atoms with Crippen molar-refractivity contribution in [2.75, 3.05) is 0 Å². The van der Waals surface area contributed by atoms with E-state index in [0.29, 0.717) is 17.2 Å². The van der Waals surface area contributed by atoms with E-state index in [1.807, 2.05) is 31.2 Å². The minimum atomic E-state index is -0.528. The molecule has 0 N–H and O–H groups in total.